The minimum atomic E-state index is 0.140. The van der Waals surface area contributed by atoms with E-state index in [-0.39, 0.29) is 6.04 Å². The zero-order chi connectivity index (χ0) is 14.5. The topological polar surface area (TPSA) is 34.1 Å². The lowest BCUT2D eigenvalue weighted by atomic mass is 10.1. The first-order valence-corrected chi connectivity index (χ1v) is 7.99. The summed E-state index contributed by atoms with van der Waals surface area (Å²) in [6, 6.07) is 10.2. The first-order chi connectivity index (χ1) is 9.61. The lowest BCUT2D eigenvalue weighted by Gasteiger charge is -2.19. The number of benzene rings is 1. The molecular weight excluding hydrogens is 384 g/mol. The zero-order valence-electron chi connectivity index (χ0n) is 11.4. The summed E-state index contributed by atoms with van der Waals surface area (Å²) in [5, 5.41) is 3.44. The van der Waals surface area contributed by atoms with Crippen molar-refractivity contribution in [2.45, 2.75) is 19.9 Å². The molecule has 1 N–H and O–H groups in total. The van der Waals surface area contributed by atoms with Crippen LogP contribution in [0.4, 0.5) is 5.69 Å². The number of ether oxygens (including phenoxy) is 1. The molecule has 3 nitrogen and oxygen atoms in total. The fourth-order valence-electron chi connectivity index (χ4n) is 1.92. The highest BCUT2D eigenvalue weighted by Crippen LogP contribution is 2.31. The smallest absolute Gasteiger partial charge is 0.237 e. The molecule has 0 saturated heterocycles. The molecule has 0 amide bonds. The van der Waals surface area contributed by atoms with Gasteiger partial charge in [0.2, 0.25) is 5.88 Å². The van der Waals surface area contributed by atoms with Crippen molar-refractivity contribution in [1.82, 2.24) is 4.98 Å². The molecular formula is C15H16Br2N2O. The van der Waals surface area contributed by atoms with Gasteiger partial charge in [-0.1, -0.05) is 37.9 Å². The number of rotatable bonds is 5. The molecule has 0 saturated carbocycles. The summed E-state index contributed by atoms with van der Waals surface area (Å²) in [5.41, 5.74) is 2.08. The lowest BCUT2D eigenvalue weighted by Crippen LogP contribution is -2.09. The first-order valence-electron chi connectivity index (χ1n) is 6.41. The molecule has 1 atom stereocenters. The predicted molar refractivity (Wildman–Crippen MR) is 89.3 cm³/mol. The third-order valence-corrected chi connectivity index (χ3v) is 4.03. The van der Waals surface area contributed by atoms with E-state index in [0.717, 1.165) is 14.6 Å². The van der Waals surface area contributed by atoms with Crippen LogP contribution in [0.2, 0.25) is 0 Å². The Morgan fingerprint density at radius 3 is 2.80 bits per heavy atom. The van der Waals surface area contributed by atoms with Gasteiger partial charge in [0.25, 0.3) is 0 Å². The second-order valence-corrected chi connectivity index (χ2v) is 6.09. The number of aromatic nitrogens is 1. The van der Waals surface area contributed by atoms with E-state index in [1.807, 2.05) is 31.2 Å². The molecule has 20 heavy (non-hydrogen) atoms. The van der Waals surface area contributed by atoms with Crippen LogP contribution in [0, 0.1) is 0 Å². The van der Waals surface area contributed by atoms with Crippen LogP contribution in [0.15, 0.2) is 45.5 Å². The molecule has 0 radical (unpaired) electrons. The van der Waals surface area contributed by atoms with E-state index in [9.17, 15) is 0 Å². The highest BCUT2D eigenvalue weighted by Gasteiger charge is 2.12. The fourth-order valence-corrected chi connectivity index (χ4v) is 3.31. The molecule has 2 aromatic rings. The Morgan fingerprint density at radius 2 is 2.10 bits per heavy atom. The third kappa shape index (κ3) is 3.73. The van der Waals surface area contributed by atoms with Gasteiger partial charge in [-0.05, 0) is 43.7 Å². The molecule has 0 aliphatic carbocycles. The lowest BCUT2D eigenvalue weighted by molar-refractivity contribution is 0.328. The Bertz CT molecular complexity index is 590. The highest BCUT2D eigenvalue weighted by atomic mass is 79.9. The van der Waals surface area contributed by atoms with E-state index in [0.29, 0.717) is 12.5 Å². The van der Waals surface area contributed by atoms with Crippen molar-refractivity contribution < 1.29 is 4.74 Å². The van der Waals surface area contributed by atoms with Gasteiger partial charge in [-0.25, -0.2) is 4.98 Å². The second kappa shape index (κ2) is 7.09. The van der Waals surface area contributed by atoms with E-state index in [2.05, 4.69) is 55.2 Å². The van der Waals surface area contributed by atoms with Crippen molar-refractivity contribution in [3.63, 3.8) is 0 Å². The summed E-state index contributed by atoms with van der Waals surface area (Å²) in [6.07, 6.45) is 1.73. The summed E-state index contributed by atoms with van der Waals surface area (Å²) >= 11 is 7.06. The number of halogens is 2. The summed E-state index contributed by atoms with van der Waals surface area (Å²) < 4.78 is 7.65. The monoisotopic (exact) mass is 398 g/mol. The molecule has 0 spiro atoms. The quantitative estimate of drug-likeness (QED) is 0.752. The summed E-state index contributed by atoms with van der Waals surface area (Å²) in [7, 11) is 0. The van der Waals surface area contributed by atoms with Gasteiger partial charge in [0, 0.05) is 21.2 Å². The Labute approximate surface area is 136 Å². The summed E-state index contributed by atoms with van der Waals surface area (Å²) in [6.45, 7) is 4.66. The van der Waals surface area contributed by atoms with Crippen LogP contribution in [0.1, 0.15) is 25.5 Å². The maximum Gasteiger partial charge on any atom is 0.237 e. The Kier molecular flexibility index (Phi) is 5.43. The van der Waals surface area contributed by atoms with Gasteiger partial charge in [-0.2, -0.15) is 0 Å². The number of nitrogens with one attached hydrogen (secondary N) is 1. The third-order valence-electron chi connectivity index (χ3n) is 2.85. The Balaban J connectivity index is 2.21. The Morgan fingerprint density at radius 1 is 1.30 bits per heavy atom. The van der Waals surface area contributed by atoms with Crippen LogP contribution in [0.25, 0.3) is 0 Å². The second-order valence-electron chi connectivity index (χ2n) is 4.32. The van der Waals surface area contributed by atoms with Gasteiger partial charge in [0.05, 0.1) is 12.3 Å². The first kappa shape index (κ1) is 15.3. The van der Waals surface area contributed by atoms with Crippen molar-refractivity contribution in [3.8, 4) is 5.88 Å². The molecule has 1 unspecified atom stereocenters. The van der Waals surface area contributed by atoms with Gasteiger partial charge in [-0.3, -0.25) is 0 Å². The van der Waals surface area contributed by atoms with E-state index >= 15 is 0 Å². The average molecular weight is 400 g/mol. The molecule has 0 bridgehead atoms. The van der Waals surface area contributed by atoms with Gasteiger partial charge in [0.1, 0.15) is 0 Å². The van der Waals surface area contributed by atoms with E-state index in [1.54, 1.807) is 6.20 Å². The summed E-state index contributed by atoms with van der Waals surface area (Å²) in [4.78, 5) is 4.25. The molecule has 0 aliphatic heterocycles. The maximum absolute atomic E-state index is 5.53. The number of nitrogens with zero attached hydrogens (tertiary/aromatic N) is 1. The van der Waals surface area contributed by atoms with Gasteiger partial charge < -0.3 is 10.1 Å². The van der Waals surface area contributed by atoms with Crippen LogP contribution in [0.5, 0.6) is 5.88 Å². The van der Waals surface area contributed by atoms with Crippen LogP contribution in [-0.4, -0.2) is 11.6 Å². The largest absolute Gasteiger partial charge is 0.476 e. The summed E-state index contributed by atoms with van der Waals surface area (Å²) in [5.74, 6) is 0.634. The van der Waals surface area contributed by atoms with Crippen molar-refractivity contribution in [1.29, 1.82) is 0 Å². The van der Waals surface area contributed by atoms with E-state index in [4.69, 9.17) is 4.74 Å². The van der Waals surface area contributed by atoms with Gasteiger partial charge in [-0.15, -0.1) is 0 Å². The highest BCUT2D eigenvalue weighted by molar-refractivity contribution is 9.11. The van der Waals surface area contributed by atoms with Crippen molar-refractivity contribution >= 4 is 37.5 Å². The van der Waals surface area contributed by atoms with Crippen LogP contribution >= 0.6 is 31.9 Å². The average Bonchev–Trinajstić information content (AvgIpc) is 2.41. The number of hydrogen-bond donors (Lipinski definition) is 1. The molecule has 1 aromatic heterocycles. The number of pyridine rings is 1. The molecule has 2 rings (SSSR count). The van der Waals surface area contributed by atoms with Gasteiger partial charge >= 0.3 is 0 Å². The van der Waals surface area contributed by atoms with Gasteiger partial charge in [0.15, 0.2) is 0 Å². The van der Waals surface area contributed by atoms with Crippen LogP contribution in [-0.2, 0) is 0 Å². The van der Waals surface area contributed by atoms with Crippen molar-refractivity contribution in [3.05, 3.63) is 51.0 Å². The minimum Gasteiger partial charge on any atom is -0.476 e. The standard InChI is InChI=1S/C15H16Br2N2O/c1-3-20-15-14(5-4-8-18-15)19-10(2)12-7-6-11(16)9-13(12)17/h4-10,19H,3H2,1-2H3. The number of anilines is 1. The SMILES string of the molecule is CCOc1ncccc1NC(C)c1ccc(Br)cc1Br. The molecule has 1 heterocycles. The predicted octanol–water partition coefficient (Wildman–Crippen LogP) is 5.18. The van der Waals surface area contributed by atoms with Crippen LogP contribution in [0.3, 0.4) is 0 Å². The minimum absolute atomic E-state index is 0.140. The molecule has 1 aromatic carbocycles. The van der Waals surface area contributed by atoms with Crippen LogP contribution < -0.4 is 10.1 Å². The Hall–Kier alpha value is -1.07. The van der Waals surface area contributed by atoms with Crippen molar-refractivity contribution in [2.75, 3.05) is 11.9 Å². The zero-order valence-corrected chi connectivity index (χ0v) is 14.5. The molecule has 0 fully saturated rings. The van der Waals surface area contributed by atoms with E-state index in [1.165, 1.54) is 5.56 Å². The maximum atomic E-state index is 5.53. The van der Waals surface area contributed by atoms with Crippen molar-refractivity contribution in [2.24, 2.45) is 0 Å². The molecule has 5 heteroatoms. The number of hydrogen-bond acceptors (Lipinski definition) is 3. The molecule has 0 aliphatic rings. The van der Waals surface area contributed by atoms with E-state index < -0.39 is 0 Å². The molecule has 106 valence electrons. The normalized spacial score (nSPS) is 12.0. The fraction of sp³-hybridized carbons (Fsp3) is 0.267.